The Kier molecular flexibility index (Phi) is 3.17. The normalized spacial score (nSPS) is 13.0. The third-order valence-corrected chi connectivity index (χ3v) is 1.99. The molecule has 0 saturated heterocycles. The number of aromatic nitrogens is 1. The van der Waals surface area contributed by atoms with Crippen LogP contribution in [0.1, 0.15) is 25.1 Å². The smallest absolute Gasteiger partial charge is 0.168 e. The first-order valence-electron chi connectivity index (χ1n) is 3.75. The molecule has 0 aliphatic carbocycles. The topological polar surface area (TPSA) is 33.1 Å². The number of aliphatic hydroxyl groups excluding tert-OH is 1. The minimum atomic E-state index is -1.04. The molecule has 0 radical (unpaired) electrons. The summed E-state index contributed by atoms with van der Waals surface area (Å²) in [5, 5.41) is 8.61. The molecule has 13 heavy (non-hydrogen) atoms. The van der Waals surface area contributed by atoms with Gasteiger partial charge in [-0.25, -0.2) is 8.78 Å². The Balaban J connectivity index is 3.18. The molecule has 0 aliphatic heterocycles. The molecule has 1 aromatic rings. The fourth-order valence-corrected chi connectivity index (χ4v) is 1.03. The number of rotatable bonds is 2. The quantitative estimate of drug-likeness (QED) is 0.808. The molecule has 1 aromatic heterocycles. The molecule has 0 bridgehead atoms. The number of nitrogens with zero attached hydrogens (tertiary/aromatic N) is 1. The van der Waals surface area contributed by atoms with Gasteiger partial charge in [-0.05, 0) is 6.42 Å². The van der Waals surface area contributed by atoms with Crippen molar-refractivity contribution < 1.29 is 13.9 Å². The van der Waals surface area contributed by atoms with E-state index in [1.54, 1.807) is 6.92 Å². The van der Waals surface area contributed by atoms with Crippen LogP contribution in [0.5, 0.6) is 0 Å². The van der Waals surface area contributed by atoms with Crippen molar-refractivity contribution in [2.45, 2.75) is 19.4 Å². The van der Waals surface area contributed by atoms with E-state index in [0.29, 0.717) is 6.42 Å². The van der Waals surface area contributed by atoms with Crippen LogP contribution in [0.25, 0.3) is 0 Å². The third-order valence-electron chi connectivity index (χ3n) is 1.65. The van der Waals surface area contributed by atoms with E-state index in [2.05, 4.69) is 4.98 Å². The zero-order valence-corrected chi connectivity index (χ0v) is 7.65. The Bertz CT molecular complexity index is 319. The van der Waals surface area contributed by atoms with Crippen molar-refractivity contribution in [1.29, 1.82) is 0 Å². The van der Waals surface area contributed by atoms with Crippen LogP contribution < -0.4 is 0 Å². The van der Waals surface area contributed by atoms with E-state index in [9.17, 15) is 13.9 Å². The largest absolute Gasteiger partial charge is 0.387 e. The summed E-state index contributed by atoms with van der Waals surface area (Å²) in [7, 11) is 0. The highest BCUT2D eigenvalue weighted by Crippen LogP contribution is 2.24. The second-order valence-electron chi connectivity index (χ2n) is 2.54. The van der Waals surface area contributed by atoms with Gasteiger partial charge >= 0.3 is 0 Å². The first-order valence-corrected chi connectivity index (χ1v) is 4.13. The standard InChI is InChI=1S/C8H8ClF2NO/c1-2-5(13)8-7(11)6(9)4(10)3-12-8/h3,5,13H,2H2,1H3. The number of halogens is 3. The average Bonchev–Trinajstić information content (AvgIpc) is 2.13. The molecule has 1 atom stereocenters. The summed E-state index contributed by atoms with van der Waals surface area (Å²) in [6.45, 7) is 1.66. The van der Waals surface area contributed by atoms with Crippen LogP contribution in [-0.2, 0) is 0 Å². The average molecular weight is 208 g/mol. The minimum absolute atomic E-state index is 0.214. The lowest BCUT2D eigenvalue weighted by molar-refractivity contribution is 0.163. The van der Waals surface area contributed by atoms with Crippen LogP contribution in [0.15, 0.2) is 6.20 Å². The van der Waals surface area contributed by atoms with Crippen LogP contribution in [0, 0.1) is 11.6 Å². The van der Waals surface area contributed by atoms with Crippen molar-refractivity contribution in [3.05, 3.63) is 28.5 Å². The second-order valence-corrected chi connectivity index (χ2v) is 2.92. The summed E-state index contributed by atoms with van der Waals surface area (Å²) < 4.78 is 25.7. The maximum atomic E-state index is 13.1. The summed E-state index contributed by atoms with van der Waals surface area (Å²) in [6.07, 6.45) is 0.0454. The first kappa shape index (κ1) is 10.3. The van der Waals surface area contributed by atoms with Gasteiger partial charge in [-0.1, -0.05) is 18.5 Å². The Hall–Kier alpha value is -0.740. The fraction of sp³-hybridized carbons (Fsp3) is 0.375. The maximum absolute atomic E-state index is 13.1. The lowest BCUT2D eigenvalue weighted by Crippen LogP contribution is -2.04. The molecular weight excluding hydrogens is 200 g/mol. The van der Waals surface area contributed by atoms with Crippen LogP contribution in [-0.4, -0.2) is 10.1 Å². The van der Waals surface area contributed by atoms with Gasteiger partial charge in [0.1, 0.15) is 10.7 Å². The number of pyridine rings is 1. The van der Waals surface area contributed by atoms with E-state index in [0.717, 1.165) is 6.20 Å². The fourth-order valence-electron chi connectivity index (χ4n) is 0.883. The summed E-state index contributed by atoms with van der Waals surface area (Å²) in [5.74, 6) is -1.91. The Morgan fingerprint density at radius 3 is 2.77 bits per heavy atom. The van der Waals surface area contributed by atoms with Gasteiger partial charge in [0.25, 0.3) is 0 Å². The van der Waals surface area contributed by atoms with Gasteiger partial charge in [0.05, 0.1) is 12.3 Å². The van der Waals surface area contributed by atoms with Gasteiger partial charge in [-0.15, -0.1) is 0 Å². The lowest BCUT2D eigenvalue weighted by atomic mass is 10.2. The van der Waals surface area contributed by atoms with Crippen molar-refractivity contribution in [2.75, 3.05) is 0 Å². The van der Waals surface area contributed by atoms with E-state index in [-0.39, 0.29) is 5.69 Å². The molecule has 1 heterocycles. The lowest BCUT2D eigenvalue weighted by Gasteiger charge is -2.08. The molecule has 5 heteroatoms. The van der Waals surface area contributed by atoms with E-state index in [4.69, 9.17) is 11.6 Å². The molecule has 0 aliphatic rings. The number of hydrogen-bond acceptors (Lipinski definition) is 2. The van der Waals surface area contributed by atoms with Crippen LogP contribution in [0.2, 0.25) is 5.02 Å². The van der Waals surface area contributed by atoms with Crippen molar-refractivity contribution in [1.82, 2.24) is 4.98 Å². The molecule has 2 nitrogen and oxygen atoms in total. The van der Waals surface area contributed by atoms with Crippen LogP contribution in [0.3, 0.4) is 0 Å². The summed E-state index contributed by atoms with van der Waals surface area (Å²) in [6, 6.07) is 0. The number of aliphatic hydroxyl groups is 1. The van der Waals surface area contributed by atoms with Gasteiger partial charge in [-0.3, -0.25) is 4.98 Å². The monoisotopic (exact) mass is 207 g/mol. The van der Waals surface area contributed by atoms with Crippen molar-refractivity contribution in [3.8, 4) is 0 Å². The van der Waals surface area contributed by atoms with Gasteiger partial charge in [0.2, 0.25) is 0 Å². The van der Waals surface area contributed by atoms with E-state index in [1.165, 1.54) is 0 Å². The molecule has 0 aromatic carbocycles. The zero-order valence-electron chi connectivity index (χ0n) is 6.89. The summed E-state index contributed by atoms with van der Waals surface area (Å²) in [4.78, 5) is 3.42. The van der Waals surface area contributed by atoms with Crippen LogP contribution in [0.4, 0.5) is 8.78 Å². The van der Waals surface area contributed by atoms with Gasteiger partial charge in [0, 0.05) is 0 Å². The van der Waals surface area contributed by atoms with E-state index in [1.807, 2.05) is 0 Å². The zero-order chi connectivity index (χ0) is 10.0. The SMILES string of the molecule is CCC(O)c1ncc(F)c(Cl)c1F. The Morgan fingerprint density at radius 1 is 1.62 bits per heavy atom. The molecular formula is C8H8ClF2NO. The second kappa shape index (κ2) is 3.98. The van der Waals surface area contributed by atoms with Crippen molar-refractivity contribution in [2.24, 2.45) is 0 Å². The molecule has 1 N–H and O–H groups in total. The highest BCUT2D eigenvalue weighted by molar-refractivity contribution is 6.30. The van der Waals surface area contributed by atoms with Gasteiger partial charge in [-0.2, -0.15) is 0 Å². The molecule has 0 spiro atoms. The van der Waals surface area contributed by atoms with E-state index < -0.39 is 22.8 Å². The highest BCUT2D eigenvalue weighted by atomic mass is 35.5. The summed E-state index contributed by atoms with van der Waals surface area (Å²) >= 11 is 5.28. The highest BCUT2D eigenvalue weighted by Gasteiger charge is 2.17. The molecule has 0 amide bonds. The Morgan fingerprint density at radius 2 is 2.23 bits per heavy atom. The molecule has 1 rings (SSSR count). The Labute approximate surface area is 79.2 Å². The van der Waals surface area contributed by atoms with Crippen molar-refractivity contribution >= 4 is 11.6 Å². The molecule has 1 unspecified atom stereocenters. The van der Waals surface area contributed by atoms with Crippen LogP contribution >= 0.6 is 11.6 Å². The third kappa shape index (κ3) is 1.95. The van der Waals surface area contributed by atoms with E-state index >= 15 is 0 Å². The van der Waals surface area contributed by atoms with Gasteiger partial charge in [0.15, 0.2) is 11.6 Å². The molecule has 0 fully saturated rings. The molecule has 0 saturated carbocycles. The minimum Gasteiger partial charge on any atom is -0.387 e. The maximum Gasteiger partial charge on any atom is 0.168 e. The number of hydrogen-bond donors (Lipinski definition) is 1. The summed E-state index contributed by atoms with van der Waals surface area (Å²) in [5.41, 5.74) is -0.214. The predicted octanol–water partition coefficient (Wildman–Crippen LogP) is 2.46. The van der Waals surface area contributed by atoms with Gasteiger partial charge < -0.3 is 5.11 Å². The first-order chi connectivity index (χ1) is 6.07. The van der Waals surface area contributed by atoms with Crippen molar-refractivity contribution in [3.63, 3.8) is 0 Å². The molecule has 72 valence electrons. The predicted molar refractivity (Wildman–Crippen MR) is 44.4 cm³/mol.